The molecule has 6 heterocycles. The first-order valence-electron chi connectivity index (χ1n) is 26.5. The van der Waals surface area contributed by atoms with E-state index < -0.39 is 0 Å². The first-order valence-corrected chi connectivity index (χ1v) is 26.9. The number of nitriles is 2. The molecule has 19 heteroatoms. The van der Waals surface area contributed by atoms with Gasteiger partial charge in [0.15, 0.2) is 11.5 Å². The van der Waals surface area contributed by atoms with Gasteiger partial charge in [-0.25, -0.2) is 15.8 Å². The highest BCUT2D eigenvalue weighted by Crippen LogP contribution is 2.37. The van der Waals surface area contributed by atoms with Gasteiger partial charge in [-0.1, -0.05) is 79.3 Å². The molecule has 1 saturated carbocycles. The fourth-order valence-electron chi connectivity index (χ4n) is 9.46. The van der Waals surface area contributed by atoms with Gasteiger partial charge in [0.25, 0.3) is 0 Å². The molecule has 8 rings (SSSR count). The van der Waals surface area contributed by atoms with Crippen LogP contribution >= 0.6 is 11.6 Å². The van der Waals surface area contributed by atoms with Crippen LogP contribution in [0.15, 0.2) is 91.2 Å². The molecule has 4 aliphatic rings. The minimum absolute atomic E-state index is 0.0466. The minimum Gasteiger partial charge on any atom is -0.401 e. The zero-order valence-corrected chi connectivity index (χ0v) is 45.6. The number of anilines is 3. The number of hydrazine groups is 1. The summed E-state index contributed by atoms with van der Waals surface area (Å²) in [5.41, 5.74) is 12.4. The average Bonchev–Trinajstić information content (AvgIpc) is 3.87. The Kier molecular flexibility index (Phi) is 24.9. The number of rotatable bonds is 14. The molecule has 75 heavy (non-hydrogen) atoms. The Bertz CT molecular complexity index is 2670. The predicted molar refractivity (Wildman–Crippen MR) is 298 cm³/mol. The second-order valence-electron chi connectivity index (χ2n) is 17.7. The van der Waals surface area contributed by atoms with Crippen LogP contribution in [0.4, 0.5) is 17.1 Å². The van der Waals surface area contributed by atoms with E-state index in [1.807, 2.05) is 66.7 Å². The number of hydrogen-bond acceptors (Lipinski definition) is 15. The molecular weight excluding hydrogens is 968 g/mol. The number of nitrogens with zero attached hydrogens (tertiary/aromatic N) is 9. The number of carbonyl (C=O) groups excluding carboxylic acids is 4. The van der Waals surface area contributed by atoms with Crippen molar-refractivity contribution < 1.29 is 19.2 Å². The van der Waals surface area contributed by atoms with Crippen molar-refractivity contribution in [3.63, 3.8) is 0 Å². The van der Waals surface area contributed by atoms with Crippen LogP contribution in [-0.2, 0) is 19.2 Å². The van der Waals surface area contributed by atoms with E-state index in [9.17, 15) is 29.7 Å². The number of allylic oxidation sites excluding steroid dienone is 3. The highest BCUT2D eigenvalue weighted by atomic mass is 35.5. The van der Waals surface area contributed by atoms with Crippen LogP contribution in [0.3, 0.4) is 0 Å². The molecule has 0 bridgehead atoms. The Labute approximate surface area is 448 Å². The van der Waals surface area contributed by atoms with Crippen molar-refractivity contribution in [1.29, 1.82) is 10.5 Å². The van der Waals surface area contributed by atoms with E-state index in [2.05, 4.69) is 71.7 Å². The zero-order valence-electron chi connectivity index (χ0n) is 44.8. The van der Waals surface area contributed by atoms with E-state index in [0.29, 0.717) is 71.1 Å². The van der Waals surface area contributed by atoms with Crippen molar-refractivity contribution in [2.24, 2.45) is 29.3 Å². The van der Waals surface area contributed by atoms with E-state index in [1.54, 1.807) is 41.5 Å². The summed E-state index contributed by atoms with van der Waals surface area (Å²) in [5, 5.41) is 33.0. The van der Waals surface area contributed by atoms with Crippen molar-refractivity contribution in [3.05, 3.63) is 102 Å². The quantitative estimate of drug-likeness (QED) is 0.0198. The molecule has 0 radical (unpaired) electrons. The van der Waals surface area contributed by atoms with Crippen LogP contribution < -0.4 is 37.4 Å². The molecule has 3 saturated heterocycles. The number of nitrogens with two attached hydrogens (primary N) is 2. The highest BCUT2D eigenvalue weighted by molar-refractivity contribution is 6.21. The molecule has 7 N–H and O–H groups in total. The third-order valence-electron chi connectivity index (χ3n) is 13.3. The van der Waals surface area contributed by atoms with Crippen LogP contribution in [0.25, 0.3) is 16.9 Å². The van der Waals surface area contributed by atoms with Crippen molar-refractivity contribution >= 4 is 63.3 Å². The fourth-order valence-corrected chi connectivity index (χ4v) is 9.91. The lowest BCUT2D eigenvalue weighted by Gasteiger charge is -2.39. The summed E-state index contributed by atoms with van der Waals surface area (Å²) in [6, 6.07) is 15.8. The summed E-state index contributed by atoms with van der Waals surface area (Å²) < 4.78 is 1.57. The van der Waals surface area contributed by atoms with Gasteiger partial charge in [-0.3, -0.25) is 39.7 Å². The molecule has 1 aromatic carbocycles. The number of carbonyl (C=O) groups is 4. The highest BCUT2D eigenvalue weighted by Gasteiger charge is 2.32. The van der Waals surface area contributed by atoms with Crippen molar-refractivity contribution in [1.82, 2.24) is 35.3 Å². The normalized spacial score (nSPS) is 20.3. The van der Waals surface area contributed by atoms with Gasteiger partial charge in [-0.15, -0.1) is 11.6 Å². The van der Waals surface area contributed by atoms with Gasteiger partial charge in [0, 0.05) is 86.2 Å². The number of fused-ring (bicyclic) bond motifs is 1. The molecule has 3 aromatic heterocycles. The number of benzene rings is 1. The lowest BCUT2D eigenvalue weighted by atomic mass is 9.79. The molecule has 4 amide bonds. The van der Waals surface area contributed by atoms with E-state index in [1.165, 1.54) is 11.2 Å². The van der Waals surface area contributed by atoms with Gasteiger partial charge in [0.05, 0.1) is 47.2 Å². The summed E-state index contributed by atoms with van der Waals surface area (Å²) >= 11 is 7.06. The monoisotopic (exact) mass is 1040 g/mol. The SMILES string of the molecule is C=C/C(=C\CC)C1CCC(=O)NC1=O.CC.CC.CC.N#CCNc1cc(-n2ncc3cc(C#N)cnc32)ncc1N(N)/C=C(\N)C1CCC(C(Cl)CN2CCN(c3ccc(C4CCC(=O)NC4=O)cc3)CC2)CC1. The number of pyridine rings is 2. The van der Waals surface area contributed by atoms with Gasteiger partial charge < -0.3 is 16.0 Å². The van der Waals surface area contributed by atoms with Gasteiger partial charge in [0.2, 0.25) is 23.6 Å². The van der Waals surface area contributed by atoms with Gasteiger partial charge in [0.1, 0.15) is 12.6 Å². The van der Waals surface area contributed by atoms with Crippen LogP contribution in [0, 0.1) is 40.4 Å². The fraction of sp³-hybridized carbons (Fsp3) is 0.482. The van der Waals surface area contributed by atoms with Crippen LogP contribution in [0.5, 0.6) is 0 Å². The van der Waals surface area contributed by atoms with Gasteiger partial charge in [-0.2, -0.15) is 20.3 Å². The molecule has 402 valence electrons. The lowest BCUT2D eigenvalue weighted by Crippen LogP contribution is -2.49. The molecule has 3 unspecified atom stereocenters. The Morgan fingerprint density at radius 2 is 1.55 bits per heavy atom. The number of piperidine rings is 2. The van der Waals surface area contributed by atoms with E-state index >= 15 is 0 Å². The van der Waals surface area contributed by atoms with Crippen LogP contribution in [0.2, 0.25) is 0 Å². The second-order valence-corrected chi connectivity index (χ2v) is 18.3. The Morgan fingerprint density at radius 3 is 2.15 bits per heavy atom. The maximum Gasteiger partial charge on any atom is 0.234 e. The Morgan fingerprint density at radius 1 is 0.893 bits per heavy atom. The smallest absolute Gasteiger partial charge is 0.234 e. The molecule has 4 aromatic rings. The van der Waals surface area contributed by atoms with Crippen LogP contribution in [0.1, 0.15) is 123 Å². The summed E-state index contributed by atoms with van der Waals surface area (Å²) in [6.45, 7) is 22.2. The number of piperazine rings is 1. The van der Waals surface area contributed by atoms with Crippen LogP contribution in [-0.4, -0.2) is 92.9 Å². The van der Waals surface area contributed by atoms with Crippen molar-refractivity contribution in [3.8, 4) is 18.0 Å². The number of aromatic nitrogens is 4. The number of amides is 4. The molecule has 18 nitrogen and oxygen atoms in total. The zero-order chi connectivity index (χ0) is 55.0. The summed E-state index contributed by atoms with van der Waals surface area (Å²) in [7, 11) is 0. The van der Waals surface area contributed by atoms with Crippen molar-refractivity contribution in [2.45, 2.75) is 118 Å². The number of alkyl halides is 1. The average molecular weight is 1050 g/mol. The maximum absolute atomic E-state index is 12.3. The van der Waals surface area contributed by atoms with Gasteiger partial charge in [-0.05, 0) is 86.1 Å². The molecule has 3 atom stereocenters. The minimum atomic E-state index is -0.272. The molecular formula is C56H77ClN14O4. The summed E-state index contributed by atoms with van der Waals surface area (Å²) in [6.07, 6.45) is 16.7. The first-order chi connectivity index (χ1) is 36.4. The maximum atomic E-state index is 12.3. The predicted octanol–water partition coefficient (Wildman–Crippen LogP) is 8.50. The largest absolute Gasteiger partial charge is 0.401 e. The Balaban J connectivity index is 0.000000518. The summed E-state index contributed by atoms with van der Waals surface area (Å²) in [4.78, 5) is 60.0. The second kappa shape index (κ2) is 30.9. The summed E-state index contributed by atoms with van der Waals surface area (Å²) in [5.74, 6) is 6.33. The number of hydrogen-bond donors (Lipinski definition) is 5. The number of nitrogens with one attached hydrogen (secondary N) is 3. The number of halogens is 1. The lowest BCUT2D eigenvalue weighted by molar-refractivity contribution is -0.136. The molecule has 0 spiro atoms. The molecule has 4 fully saturated rings. The number of imide groups is 2. The van der Waals surface area contributed by atoms with Crippen molar-refractivity contribution in [2.75, 3.05) is 54.5 Å². The molecule has 3 aliphatic heterocycles. The van der Waals surface area contributed by atoms with Gasteiger partial charge >= 0.3 is 0 Å². The third kappa shape index (κ3) is 16.4. The molecule has 1 aliphatic carbocycles. The topological polar surface area (TPSA) is 257 Å². The first kappa shape index (κ1) is 60.4. The van der Waals surface area contributed by atoms with E-state index in [0.717, 1.165) is 81.7 Å². The van der Waals surface area contributed by atoms with E-state index in [4.69, 9.17) is 23.2 Å². The Hall–Kier alpha value is -7.12. The standard InChI is InChI=1S/C39H44ClN13O2.C11H15NO2.3C2H6/c40-32(23-50-13-15-51(16-14-50)30-7-5-26(6-8-30)31-9-10-37(54)49-39(31)55)27-1-3-28(4-2-27)33(43)24-52(44)35-22-46-36(18-34(35)45-12-11-41)53-38-29(21-48-53)17-25(19-42)20-47-38;1-3-5-8(4-2)9-6-7-10(13)12-11(9)14;3*1-2/h5-8,17-18,20-22,24,27-28,31-32H,1-4,9-10,12-16,23,43-44H2,(H,45,46)(H,49,54,55);4-5,9H,2-3,6-7H2,1H3,(H,12,13,14);3*1-2H3/b33-24-;8-5+;;;. The third-order valence-corrected chi connectivity index (χ3v) is 13.8. The van der Waals surface area contributed by atoms with E-state index in [-0.39, 0.29) is 53.3 Å².